The van der Waals surface area contributed by atoms with Gasteiger partial charge in [0.15, 0.2) is 11.5 Å². The third-order valence-corrected chi connectivity index (χ3v) is 5.34. The van der Waals surface area contributed by atoms with E-state index in [1.165, 1.54) is 24.8 Å². The van der Waals surface area contributed by atoms with E-state index >= 15 is 0 Å². The number of piperidine rings is 1. The van der Waals surface area contributed by atoms with E-state index in [9.17, 15) is 5.11 Å². The lowest BCUT2D eigenvalue weighted by atomic mass is 10.1. The van der Waals surface area contributed by atoms with Crippen LogP contribution in [0, 0.1) is 6.92 Å². The van der Waals surface area contributed by atoms with Gasteiger partial charge in [-0.05, 0) is 50.6 Å². The van der Waals surface area contributed by atoms with Crippen LogP contribution >= 0.6 is 0 Å². The number of benzene rings is 1. The van der Waals surface area contributed by atoms with Gasteiger partial charge in [0, 0.05) is 38.4 Å². The van der Waals surface area contributed by atoms with Crippen LogP contribution in [0.3, 0.4) is 0 Å². The lowest BCUT2D eigenvalue weighted by Crippen LogP contribution is -2.38. The van der Waals surface area contributed by atoms with Crippen molar-refractivity contribution in [3.8, 4) is 11.5 Å². The molecule has 0 spiro atoms. The van der Waals surface area contributed by atoms with Gasteiger partial charge in [0.2, 0.25) is 0 Å². The molecule has 7 heteroatoms. The highest BCUT2D eigenvalue weighted by Crippen LogP contribution is 2.28. The molecule has 1 fully saturated rings. The summed E-state index contributed by atoms with van der Waals surface area (Å²) in [5.41, 5.74) is 3.34. The number of aliphatic hydroxyl groups is 1. The molecule has 3 rings (SSSR count). The maximum atomic E-state index is 10.4. The van der Waals surface area contributed by atoms with Crippen molar-refractivity contribution in [3.63, 3.8) is 0 Å². The van der Waals surface area contributed by atoms with Crippen LogP contribution in [-0.2, 0) is 20.1 Å². The van der Waals surface area contributed by atoms with Crippen LogP contribution in [0.25, 0.3) is 0 Å². The summed E-state index contributed by atoms with van der Waals surface area (Å²) in [6.45, 7) is 6.55. The summed E-state index contributed by atoms with van der Waals surface area (Å²) in [5, 5.41) is 18.2. The quantitative estimate of drug-likeness (QED) is 0.635. The number of β-amino-alcohol motifs (C(OH)–C–C–N with tert-alkyl or cyclic N) is 1. The lowest BCUT2D eigenvalue weighted by Gasteiger charge is -2.28. The second-order valence-electron chi connectivity index (χ2n) is 7.83. The molecule has 1 aromatic heterocycles. The minimum absolute atomic E-state index is 0.263. The number of aromatic nitrogens is 2. The van der Waals surface area contributed by atoms with Gasteiger partial charge in [-0.15, -0.1) is 0 Å². The lowest BCUT2D eigenvalue weighted by molar-refractivity contribution is 0.0608. The van der Waals surface area contributed by atoms with Crippen molar-refractivity contribution in [3.05, 3.63) is 41.2 Å². The molecule has 1 unspecified atom stereocenters. The minimum atomic E-state index is -0.506. The Morgan fingerprint density at radius 1 is 1.17 bits per heavy atom. The first-order valence-electron chi connectivity index (χ1n) is 10.4. The minimum Gasteiger partial charge on any atom is -0.493 e. The Morgan fingerprint density at radius 3 is 2.66 bits per heavy atom. The van der Waals surface area contributed by atoms with Crippen molar-refractivity contribution in [2.45, 2.75) is 45.4 Å². The predicted octanol–water partition coefficient (Wildman–Crippen LogP) is 2.25. The number of aryl methyl sites for hydroxylation is 2. The van der Waals surface area contributed by atoms with Crippen molar-refractivity contribution < 1.29 is 14.6 Å². The molecule has 0 amide bonds. The Morgan fingerprint density at radius 2 is 1.97 bits per heavy atom. The molecule has 1 aliphatic rings. The zero-order valence-electron chi connectivity index (χ0n) is 17.9. The molecule has 160 valence electrons. The fourth-order valence-corrected chi connectivity index (χ4v) is 3.79. The number of hydrogen-bond acceptors (Lipinski definition) is 6. The average molecular weight is 403 g/mol. The highest BCUT2D eigenvalue weighted by atomic mass is 16.5. The van der Waals surface area contributed by atoms with E-state index in [0.29, 0.717) is 24.6 Å². The third-order valence-electron chi connectivity index (χ3n) is 5.34. The summed E-state index contributed by atoms with van der Waals surface area (Å²) in [6, 6.07) is 5.92. The van der Waals surface area contributed by atoms with Crippen molar-refractivity contribution >= 4 is 0 Å². The van der Waals surface area contributed by atoms with Gasteiger partial charge in [-0.25, -0.2) is 0 Å². The topological polar surface area (TPSA) is 71.8 Å². The monoisotopic (exact) mass is 402 g/mol. The van der Waals surface area contributed by atoms with Gasteiger partial charge in [0.1, 0.15) is 12.7 Å². The van der Waals surface area contributed by atoms with Gasteiger partial charge in [0.05, 0.1) is 12.8 Å². The number of aliphatic hydroxyl groups excluding tert-OH is 1. The van der Waals surface area contributed by atoms with Crippen LogP contribution in [0.4, 0.5) is 0 Å². The Labute approximate surface area is 173 Å². The smallest absolute Gasteiger partial charge is 0.161 e. The molecule has 0 radical (unpaired) electrons. The van der Waals surface area contributed by atoms with Crippen molar-refractivity contribution in [1.29, 1.82) is 0 Å². The molecule has 2 aromatic rings. The number of rotatable bonds is 10. The van der Waals surface area contributed by atoms with Crippen LogP contribution in [0.2, 0.25) is 0 Å². The molecule has 1 atom stereocenters. The SMILES string of the molecule is COc1ccc(CNCc2cn(C)nc2C)cc1OCC(O)CN1CCCCC1. The summed E-state index contributed by atoms with van der Waals surface area (Å²) in [5.74, 6) is 1.35. The van der Waals surface area contributed by atoms with E-state index in [1.54, 1.807) is 7.11 Å². The maximum absolute atomic E-state index is 10.4. The standard InChI is InChI=1S/C22H34N4O3/c1-17-19(14-25(2)24-17)13-23-12-18-7-8-21(28-3)22(11-18)29-16-20(27)15-26-9-5-4-6-10-26/h7-8,11,14,20,23,27H,4-6,9-10,12-13,15-16H2,1-3H3. The van der Waals surface area contributed by atoms with Crippen LogP contribution in [0.5, 0.6) is 11.5 Å². The highest BCUT2D eigenvalue weighted by molar-refractivity contribution is 5.43. The molecule has 2 N–H and O–H groups in total. The Balaban J connectivity index is 1.51. The molecule has 0 bridgehead atoms. The first kappa shape index (κ1) is 21.6. The molecule has 1 saturated heterocycles. The molecule has 0 aliphatic carbocycles. The molecule has 0 saturated carbocycles. The number of nitrogens with zero attached hydrogens (tertiary/aromatic N) is 3. The Kier molecular flexibility index (Phi) is 7.91. The van der Waals surface area contributed by atoms with Gasteiger partial charge in [-0.2, -0.15) is 5.10 Å². The Hall–Kier alpha value is -2.09. The summed E-state index contributed by atoms with van der Waals surface area (Å²) in [7, 11) is 3.57. The molecular formula is C22H34N4O3. The highest BCUT2D eigenvalue weighted by Gasteiger charge is 2.16. The van der Waals surface area contributed by atoms with Gasteiger partial charge >= 0.3 is 0 Å². The fraction of sp³-hybridized carbons (Fsp3) is 0.591. The zero-order valence-corrected chi connectivity index (χ0v) is 17.9. The Bertz CT molecular complexity index is 771. The average Bonchev–Trinajstić information content (AvgIpc) is 3.04. The van der Waals surface area contributed by atoms with Gasteiger partial charge < -0.3 is 24.8 Å². The molecule has 2 heterocycles. The van der Waals surface area contributed by atoms with Gasteiger partial charge in [-0.1, -0.05) is 12.5 Å². The van der Waals surface area contributed by atoms with Gasteiger partial charge in [-0.3, -0.25) is 4.68 Å². The third kappa shape index (κ3) is 6.45. The molecule has 1 aromatic carbocycles. The van der Waals surface area contributed by atoms with Gasteiger partial charge in [0.25, 0.3) is 0 Å². The summed E-state index contributed by atoms with van der Waals surface area (Å²) >= 11 is 0. The van der Waals surface area contributed by atoms with Crippen molar-refractivity contribution in [2.75, 3.05) is 33.4 Å². The van der Waals surface area contributed by atoms with E-state index in [-0.39, 0.29) is 6.61 Å². The van der Waals surface area contributed by atoms with Crippen LogP contribution in [0.15, 0.2) is 24.4 Å². The van der Waals surface area contributed by atoms with E-state index in [4.69, 9.17) is 9.47 Å². The number of ether oxygens (including phenoxy) is 2. The fourth-order valence-electron chi connectivity index (χ4n) is 3.79. The van der Waals surface area contributed by atoms with E-state index < -0.39 is 6.10 Å². The summed E-state index contributed by atoms with van der Waals surface area (Å²) in [4.78, 5) is 2.32. The number of methoxy groups -OCH3 is 1. The molecule has 29 heavy (non-hydrogen) atoms. The molecule has 1 aliphatic heterocycles. The zero-order chi connectivity index (χ0) is 20.6. The molecular weight excluding hydrogens is 368 g/mol. The maximum Gasteiger partial charge on any atom is 0.161 e. The van der Waals surface area contributed by atoms with Crippen molar-refractivity contribution in [2.24, 2.45) is 7.05 Å². The van der Waals surface area contributed by atoms with E-state index in [2.05, 4.69) is 15.3 Å². The first-order valence-corrected chi connectivity index (χ1v) is 10.4. The van der Waals surface area contributed by atoms with Crippen LogP contribution in [0.1, 0.15) is 36.1 Å². The molecule has 7 nitrogen and oxygen atoms in total. The van der Waals surface area contributed by atoms with E-state index in [1.807, 2.05) is 43.0 Å². The van der Waals surface area contributed by atoms with Crippen molar-refractivity contribution in [1.82, 2.24) is 20.0 Å². The number of likely N-dealkylation sites (tertiary alicyclic amines) is 1. The predicted molar refractivity (Wildman–Crippen MR) is 113 cm³/mol. The second-order valence-corrected chi connectivity index (χ2v) is 7.83. The van der Waals surface area contributed by atoms with Crippen LogP contribution in [-0.4, -0.2) is 59.2 Å². The summed E-state index contributed by atoms with van der Waals surface area (Å²) in [6.07, 6.45) is 5.26. The van der Waals surface area contributed by atoms with Crippen LogP contribution < -0.4 is 14.8 Å². The number of hydrogen-bond donors (Lipinski definition) is 2. The summed E-state index contributed by atoms with van der Waals surface area (Å²) < 4.78 is 13.2. The largest absolute Gasteiger partial charge is 0.493 e. The number of nitrogens with one attached hydrogen (secondary N) is 1. The first-order chi connectivity index (χ1) is 14.0. The second kappa shape index (κ2) is 10.6. The van der Waals surface area contributed by atoms with E-state index in [0.717, 1.165) is 30.9 Å². The normalized spacial score (nSPS) is 16.0.